The largest absolute Gasteiger partial charge is 0.120 e. The highest BCUT2D eigenvalue weighted by atomic mass is 14.3. The van der Waals surface area contributed by atoms with E-state index >= 15 is 0 Å². The molecule has 0 aromatic rings. The lowest BCUT2D eigenvalue weighted by molar-refractivity contribution is 0.154. The first-order valence-corrected chi connectivity index (χ1v) is 7.90. The summed E-state index contributed by atoms with van der Waals surface area (Å²) < 4.78 is 0. The van der Waals surface area contributed by atoms with Gasteiger partial charge in [0.15, 0.2) is 0 Å². The van der Waals surface area contributed by atoms with Gasteiger partial charge in [-0.2, -0.15) is 0 Å². The molecule has 0 nitrogen and oxygen atoms in total. The van der Waals surface area contributed by atoms with Gasteiger partial charge in [-0.05, 0) is 69.1 Å². The molecule has 0 heterocycles. The van der Waals surface area contributed by atoms with E-state index < -0.39 is 0 Å². The molecule has 100 valence electrons. The van der Waals surface area contributed by atoms with Crippen LogP contribution in [0.3, 0.4) is 0 Å². The number of rotatable bonds is 4. The van der Waals surface area contributed by atoms with Gasteiger partial charge in [0.2, 0.25) is 0 Å². The predicted octanol–water partition coefficient (Wildman–Crippen LogP) is 5.20. The SMILES string of the molecule is C#CC1CCC([C@H]2CC[C@H](CCC=C)CC2)CC1. The van der Waals surface area contributed by atoms with Gasteiger partial charge in [0.1, 0.15) is 0 Å². The lowest BCUT2D eigenvalue weighted by Gasteiger charge is -2.37. The van der Waals surface area contributed by atoms with E-state index in [9.17, 15) is 0 Å². The van der Waals surface area contributed by atoms with E-state index in [0.717, 1.165) is 17.8 Å². The Balaban J connectivity index is 1.70. The zero-order chi connectivity index (χ0) is 12.8. The fraction of sp³-hybridized carbons (Fsp3) is 0.778. The van der Waals surface area contributed by atoms with Crippen LogP contribution in [-0.4, -0.2) is 0 Å². The lowest BCUT2D eigenvalue weighted by atomic mass is 9.69. The Morgan fingerprint density at radius 2 is 1.50 bits per heavy atom. The van der Waals surface area contributed by atoms with Gasteiger partial charge in [-0.1, -0.05) is 18.9 Å². The Labute approximate surface area is 113 Å². The van der Waals surface area contributed by atoms with Gasteiger partial charge >= 0.3 is 0 Å². The molecule has 2 saturated carbocycles. The summed E-state index contributed by atoms with van der Waals surface area (Å²) in [5.41, 5.74) is 0. The van der Waals surface area contributed by atoms with Crippen molar-refractivity contribution in [2.24, 2.45) is 23.7 Å². The highest BCUT2D eigenvalue weighted by Gasteiger charge is 2.30. The molecular formula is C18H28. The summed E-state index contributed by atoms with van der Waals surface area (Å²) in [6, 6.07) is 0. The third-order valence-electron chi connectivity index (χ3n) is 5.34. The smallest absolute Gasteiger partial charge is 0.0200 e. The summed E-state index contributed by atoms with van der Waals surface area (Å²) in [6.45, 7) is 3.83. The minimum atomic E-state index is 0.588. The summed E-state index contributed by atoms with van der Waals surface area (Å²) in [5, 5.41) is 0. The van der Waals surface area contributed by atoms with Crippen molar-refractivity contribution in [2.45, 2.75) is 64.2 Å². The van der Waals surface area contributed by atoms with Crippen LogP contribution < -0.4 is 0 Å². The van der Waals surface area contributed by atoms with Gasteiger partial charge in [0, 0.05) is 5.92 Å². The van der Waals surface area contributed by atoms with Crippen molar-refractivity contribution in [3.05, 3.63) is 12.7 Å². The zero-order valence-electron chi connectivity index (χ0n) is 11.7. The third-order valence-corrected chi connectivity index (χ3v) is 5.34. The van der Waals surface area contributed by atoms with Gasteiger partial charge < -0.3 is 0 Å². The Morgan fingerprint density at radius 1 is 0.944 bits per heavy atom. The molecule has 0 radical (unpaired) electrons. The van der Waals surface area contributed by atoms with E-state index in [-0.39, 0.29) is 0 Å². The van der Waals surface area contributed by atoms with Crippen LogP contribution in [0.25, 0.3) is 0 Å². The normalized spacial score (nSPS) is 36.8. The van der Waals surface area contributed by atoms with Crippen molar-refractivity contribution in [1.82, 2.24) is 0 Å². The molecule has 0 saturated heterocycles. The van der Waals surface area contributed by atoms with Crippen LogP contribution in [0.5, 0.6) is 0 Å². The van der Waals surface area contributed by atoms with Crippen LogP contribution in [0.4, 0.5) is 0 Å². The van der Waals surface area contributed by atoms with E-state index in [2.05, 4.69) is 18.6 Å². The van der Waals surface area contributed by atoms with Crippen molar-refractivity contribution in [3.63, 3.8) is 0 Å². The second-order valence-electron chi connectivity index (χ2n) is 6.43. The topological polar surface area (TPSA) is 0 Å². The van der Waals surface area contributed by atoms with Crippen LogP contribution in [0.2, 0.25) is 0 Å². The van der Waals surface area contributed by atoms with E-state index in [1.165, 1.54) is 64.2 Å². The molecule has 2 fully saturated rings. The molecule has 2 aliphatic rings. The summed E-state index contributed by atoms with van der Waals surface area (Å²) >= 11 is 0. The molecule has 0 bridgehead atoms. The molecule has 0 amide bonds. The number of hydrogen-bond donors (Lipinski definition) is 0. The highest BCUT2D eigenvalue weighted by molar-refractivity contribution is 4.96. The van der Waals surface area contributed by atoms with Gasteiger partial charge in [0.05, 0.1) is 0 Å². The van der Waals surface area contributed by atoms with Crippen LogP contribution in [0.15, 0.2) is 12.7 Å². The highest BCUT2D eigenvalue weighted by Crippen LogP contribution is 2.41. The molecule has 0 heteroatoms. The average Bonchev–Trinajstić information content (AvgIpc) is 2.46. The van der Waals surface area contributed by atoms with Crippen LogP contribution in [0.1, 0.15) is 64.2 Å². The predicted molar refractivity (Wildman–Crippen MR) is 79.2 cm³/mol. The maximum atomic E-state index is 5.53. The monoisotopic (exact) mass is 244 g/mol. The van der Waals surface area contributed by atoms with E-state index in [0.29, 0.717) is 5.92 Å². The van der Waals surface area contributed by atoms with Crippen molar-refractivity contribution >= 4 is 0 Å². The van der Waals surface area contributed by atoms with Gasteiger partial charge in [-0.15, -0.1) is 18.9 Å². The van der Waals surface area contributed by atoms with Crippen molar-refractivity contribution < 1.29 is 0 Å². The number of hydrogen-bond acceptors (Lipinski definition) is 0. The minimum Gasteiger partial charge on any atom is -0.120 e. The maximum Gasteiger partial charge on any atom is 0.0200 e. The van der Waals surface area contributed by atoms with Gasteiger partial charge in [-0.25, -0.2) is 0 Å². The van der Waals surface area contributed by atoms with E-state index in [1.54, 1.807) is 0 Å². The van der Waals surface area contributed by atoms with Crippen LogP contribution >= 0.6 is 0 Å². The molecule has 0 atom stereocenters. The second-order valence-corrected chi connectivity index (χ2v) is 6.43. The Bertz CT molecular complexity index is 280. The summed E-state index contributed by atoms with van der Waals surface area (Å²) in [5.74, 6) is 6.54. The molecule has 0 spiro atoms. The molecular weight excluding hydrogens is 216 g/mol. The van der Waals surface area contributed by atoms with Crippen molar-refractivity contribution in [3.8, 4) is 12.3 Å². The number of allylic oxidation sites excluding steroid dienone is 1. The maximum absolute atomic E-state index is 5.53. The number of terminal acetylenes is 1. The average molecular weight is 244 g/mol. The molecule has 0 aromatic carbocycles. The Morgan fingerprint density at radius 3 is 2.00 bits per heavy atom. The van der Waals surface area contributed by atoms with E-state index in [4.69, 9.17) is 6.42 Å². The van der Waals surface area contributed by atoms with E-state index in [1.807, 2.05) is 0 Å². The zero-order valence-corrected chi connectivity index (χ0v) is 11.7. The first-order valence-electron chi connectivity index (χ1n) is 7.90. The second kappa shape index (κ2) is 7.03. The quantitative estimate of drug-likeness (QED) is 0.471. The van der Waals surface area contributed by atoms with Crippen molar-refractivity contribution in [2.75, 3.05) is 0 Å². The molecule has 18 heavy (non-hydrogen) atoms. The molecule has 0 N–H and O–H groups in total. The standard InChI is InChI=1S/C18H28/c1-3-5-6-16-9-13-18(14-10-16)17-11-7-15(4-2)8-12-17/h2-3,15-18H,1,5-14H2/t15?,16-,17?,18-. The fourth-order valence-electron chi connectivity index (χ4n) is 4.06. The molecule has 2 aliphatic carbocycles. The van der Waals surface area contributed by atoms with Crippen LogP contribution in [0, 0.1) is 36.0 Å². The molecule has 0 aromatic heterocycles. The summed E-state index contributed by atoms with van der Waals surface area (Å²) in [7, 11) is 0. The molecule has 0 aliphatic heterocycles. The lowest BCUT2D eigenvalue weighted by Crippen LogP contribution is -2.25. The third kappa shape index (κ3) is 3.64. The first-order chi connectivity index (χ1) is 8.83. The summed E-state index contributed by atoms with van der Waals surface area (Å²) in [4.78, 5) is 0. The first kappa shape index (κ1) is 13.7. The minimum absolute atomic E-state index is 0.588. The van der Waals surface area contributed by atoms with Crippen LogP contribution in [-0.2, 0) is 0 Å². The molecule has 2 rings (SSSR count). The van der Waals surface area contributed by atoms with Gasteiger partial charge in [-0.3, -0.25) is 0 Å². The summed E-state index contributed by atoms with van der Waals surface area (Å²) in [6.07, 6.45) is 21.5. The fourth-order valence-corrected chi connectivity index (χ4v) is 4.06. The molecule has 0 unspecified atom stereocenters. The Kier molecular flexibility index (Phi) is 5.36. The van der Waals surface area contributed by atoms with Crippen molar-refractivity contribution in [1.29, 1.82) is 0 Å². The Hall–Kier alpha value is -0.700. The van der Waals surface area contributed by atoms with Gasteiger partial charge in [0.25, 0.3) is 0 Å².